The van der Waals surface area contributed by atoms with Crippen molar-refractivity contribution >= 4 is 40.8 Å². The minimum absolute atomic E-state index is 0. The van der Waals surface area contributed by atoms with Gasteiger partial charge in [-0.05, 0) is 71.7 Å². The molecule has 3 saturated heterocycles. The molecule has 144 valence electrons. The third-order valence-electron chi connectivity index (χ3n) is 5.78. The summed E-state index contributed by atoms with van der Waals surface area (Å²) in [5, 5.41) is 9.46. The van der Waals surface area contributed by atoms with Crippen LogP contribution in [0.3, 0.4) is 0 Å². The summed E-state index contributed by atoms with van der Waals surface area (Å²) < 4.78 is 11.5. The van der Waals surface area contributed by atoms with Crippen molar-refractivity contribution in [1.29, 1.82) is 0 Å². The second-order valence-corrected chi connectivity index (χ2v) is 8.46. The lowest BCUT2D eigenvalue weighted by atomic mass is 9.72. The number of nitrogens with one attached hydrogen (secondary N) is 1. The minimum atomic E-state index is 0. The van der Waals surface area contributed by atoms with Crippen LogP contribution in [-0.4, -0.2) is 40.8 Å². The van der Waals surface area contributed by atoms with Crippen LogP contribution in [-0.2, 0) is 0 Å². The van der Waals surface area contributed by atoms with E-state index >= 15 is 0 Å². The number of nitrogens with zero attached hydrogens (tertiary/aromatic N) is 2. The summed E-state index contributed by atoms with van der Waals surface area (Å²) in [6, 6.07) is 4.16. The molecule has 1 N–H and O–H groups in total. The summed E-state index contributed by atoms with van der Waals surface area (Å²) in [5.41, 5.74) is 0.721. The lowest BCUT2D eigenvalue weighted by molar-refractivity contribution is -0.0189. The Kier molecular flexibility index (Phi) is 5.35. The molecule has 0 saturated carbocycles. The fourth-order valence-electron chi connectivity index (χ4n) is 4.43. The molecule has 7 heteroatoms. The van der Waals surface area contributed by atoms with Gasteiger partial charge in [0.05, 0.1) is 16.5 Å². The molecular formula is C19H27Cl2N3O2. The number of aromatic nitrogens is 1. The van der Waals surface area contributed by atoms with Crippen LogP contribution in [0.1, 0.15) is 40.5 Å². The van der Waals surface area contributed by atoms with Crippen molar-refractivity contribution in [3.05, 3.63) is 17.2 Å². The van der Waals surface area contributed by atoms with Crippen molar-refractivity contribution in [3.63, 3.8) is 0 Å². The molecule has 0 amide bonds. The van der Waals surface area contributed by atoms with Crippen LogP contribution >= 0.6 is 24.0 Å². The van der Waals surface area contributed by atoms with Crippen LogP contribution < -0.4 is 10.1 Å². The van der Waals surface area contributed by atoms with E-state index in [4.69, 9.17) is 20.9 Å². The van der Waals surface area contributed by atoms with Gasteiger partial charge in [0.15, 0.2) is 11.6 Å². The zero-order valence-corrected chi connectivity index (χ0v) is 17.3. The second-order valence-electron chi connectivity index (χ2n) is 8.05. The molecule has 3 fully saturated rings. The summed E-state index contributed by atoms with van der Waals surface area (Å²) in [4.78, 5) is 2.58. The van der Waals surface area contributed by atoms with Gasteiger partial charge in [0.1, 0.15) is 0 Å². The third kappa shape index (κ3) is 3.14. The molecule has 0 spiro atoms. The standard InChI is InChI=1S/C19H26ClN3O2.ClH/c1-11(2)24-16-14(20)6-5-13-15(16)25-22-18(13)21-17-12-7-9-23(10-8-12)19(17,3)4;/h5-6,11-12,17H,7-10H2,1-4H3,(H,21,22);1H/t17-;/m1./s1. The van der Waals surface area contributed by atoms with Crippen molar-refractivity contribution in [2.75, 3.05) is 18.4 Å². The lowest BCUT2D eigenvalue weighted by Gasteiger charge is -2.56. The second kappa shape index (κ2) is 7.10. The van der Waals surface area contributed by atoms with Gasteiger partial charge in [0, 0.05) is 11.6 Å². The lowest BCUT2D eigenvalue weighted by Crippen LogP contribution is -2.66. The van der Waals surface area contributed by atoms with Crippen LogP contribution in [0.5, 0.6) is 5.75 Å². The molecule has 0 radical (unpaired) electrons. The van der Waals surface area contributed by atoms with Crippen molar-refractivity contribution in [1.82, 2.24) is 10.1 Å². The van der Waals surface area contributed by atoms with Crippen LogP contribution in [0.4, 0.5) is 5.82 Å². The molecule has 2 bridgehead atoms. The van der Waals surface area contributed by atoms with E-state index in [1.807, 2.05) is 26.0 Å². The maximum Gasteiger partial charge on any atom is 0.212 e. The molecule has 4 heterocycles. The first kappa shape index (κ1) is 19.6. The Labute approximate surface area is 165 Å². The Morgan fingerprint density at radius 3 is 2.62 bits per heavy atom. The highest BCUT2D eigenvalue weighted by molar-refractivity contribution is 6.33. The number of anilines is 1. The molecular weight excluding hydrogens is 373 g/mol. The first-order valence-electron chi connectivity index (χ1n) is 9.14. The molecule has 5 rings (SSSR count). The average Bonchev–Trinajstić information content (AvgIpc) is 2.97. The number of halogens is 2. The number of hydrogen-bond donors (Lipinski definition) is 1. The van der Waals surface area contributed by atoms with Crippen molar-refractivity contribution in [2.24, 2.45) is 5.92 Å². The number of benzene rings is 1. The predicted octanol–water partition coefficient (Wildman–Crippen LogP) is 4.97. The molecule has 3 aliphatic rings. The van der Waals surface area contributed by atoms with Gasteiger partial charge in [-0.2, -0.15) is 0 Å². The Bertz CT molecular complexity index is 782. The molecule has 1 atom stereocenters. The largest absolute Gasteiger partial charge is 0.485 e. The van der Waals surface area contributed by atoms with Gasteiger partial charge in [0.25, 0.3) is 0 Å². The van der Waals surface area contributed by atoms with Gasteiger partial charge in [-0.25, -0.2) is 0 Å². The molecule has 26 heavy (non-hydrogen) atoms. The summed E-state index contributed by atoms with van der Waals surface area (Å²) in [6.07, 6.45) is 2.50. The molecule has 0 unspecified atom stereocenters. The van der Waals surface area contributed by atoms with Gasteiger partial charge in [-0.15, -0.1) is 12.4 Å². The highest BCUT2D eigenvalue weighted by Crippen LogP contribution is 2.42. The number of hydrogen-bond acceptors (Lipinski definition) is 5. The van der Waals surface area contributed by atoms with Gasteiger partial charge in [-0.1, -0.05) is 16.8 Å². The van der Waals surface area contributed by atoms with E-state index in [9.17, 15) is 0 Å². The van der Waals surface area contributed by atoms with Gasteiger partial charge >= 0.3 is 0 Å². The molecule has 0 aliphatic carbocycles. The molecule has 1 aromatic heterocycles. The van der Waals surface area contributed by atoms with Crippen LogP contribution in [0.15, 0.2) is 16.7 Å². The quantitative estimate of drug-likeness (QED) is 0.785. The van der Waals surface area contributed by atoms with Crippen molar-refractivity contribution in [2.45, 2.75) is 58.2 Å². The third-order valence-corrected chi connectivity index (χ3v) is 6.08. The summed E-state index contributed by atoms with van der Waals surface area (Å²) in [6.45, 7) is 11.0. The first-order valence-corrected chi connectivity index (χ1v) is 9.52. The maximum atomic E-state index is 6.31. The SMILES string of the molecule is CC(C)Oc1c(Cl)ccc2c(N[C@@H]3C4CCN(CC4)C3(C)C)noc12.Cl. The molecule has 3 aliphatic heterocycles. The van der Waals surface area contributed by atoms with Crippen molar-refractivity contribution in [3.8, 4) is 5.75 Å². The van der Waals surface area contributed by atoms with E-state index in [1.54, 1.807) is 0 Å². The number of piperidine rings is 3. The average molecular weight is 400 g/mol. The fraction of sp³-hybridized carbons (Fsp3) is 0.632. The fourth-order valence-corrected chi connectivity index (χ4v) is 4.62. The van der Waals surface area contributed by atoms with E-state index in [2.05, 4.69) is 29.2 Å². The van der Waals surface area contributed by atoms with Crippen molar-refractivity contribution < 1.29 is 9.26 Å². The van der Waals surface area contributed by atoms with Gasteiger partial charge < -0.3 is 14.6 Å². The molecule has 1 aromatic carbocycles. The zero-order valence-electron chi connectivity index (χ0n) is 15.7. The van der Waals surface area contributed by atoms with Gasteiger partial charge in [-0.3, -0.25) is 4.90 Å². The highest BCUT2D eigenvalue weighted by atomic mass is 35.5. The number of ether oxygens (including phenoxy) is 1. The Balaban J connectivity index is 0.00000196. The predicted molar refractivity (Wildman–Crippen MR) is 108 cm³/mol. The minimum Gasteiger partial charge on any atom is -0.485 e. The topological polar surface area (TPSA) is 50.5 Å². The van der Waals surface area contributed by atoms with E-state index in [1.165, 1.54) is 25.9 Å². The Hall–Kier alpha value is -1.17. The first-order chi connectivity index (χ1) is 11.9. The van der Waals surface area contributed by atoms with E-state index in [-0.39, 0.29) is 24.0 Å². The monoisotopic (exact) mass is 399 g/mol. The Morgan fingerprint density at radius 1 is 1.31 bits per heavy atom. The molecule has 2 aromatic rings. The van der Waals surface area contributed by atoms with Crippen LogP contribution in [0, 0.1) is 5.92 Å². The normalized spacial score (nSPS) is 26.8. The molecule has 5 nitrogen and oxygen atoms in total. The number of fused-ring (bicyclic) bond motifs is 4. The summed E-state index contributed by atoms with van der Waals surface area (Å²) >= 11 is 6.31. The summed E-state index contributed by atoms with van der Waals surface area (Å²) in [5.74, 6) is 2.03. The summed E-state index contributed by atoms with van der Waals surface area (Å²) in [7, 11) is 0. The van der Waals surface area contributed by atoms with E-state index < -0.39 is 0 Å². The zero-order chi connectivity index (χ0) is 17.8. The smallest absolute Gasteiger partial charge is 0.212 e. The maximum absolute atomic E-state index is 6.31. The highest BCUT2D eigenvalue weighted by Gasteiger charge is 2.47. The van der Waals surface area contributed by atoms with E-state index in [0.717, 1.165) is 11.2 Å². The van der Waals surface area contributed by atoms with Crippen LogP contribution in [0.2, 0.25) is 5.02 Å². The van der Waals surface area contributed by atoms with E-state index in [0.29, 0.717) is 28.3 Å². The van der Waals surface area contributed by atoms with Crippen LogP contribution in [0.25, 0.3) is 11.0 Å². The Morgan fingerprint density at radius 2 is 2.00 bits per heavy atom. The van der Waals surface area contributed by atoms with Gasteiger partial charge in [0.2, 0.25) is 5.58 Å². The number of rotatable bonds is 4.